The maximum absolute atomic E-state index is 6.03. The standard InChI is InChI=1S/C19H22N2/c1-2-18(20)12-15-10-11-21(13-15)14-17-8-5-7-16-6-3-4-9-19(16)17/h3-11,13,18H,2,12,14,20H2,1H3. The summed E-state index contributed by atoms with van der Waals surface area (Å²) in [4.78, 5) is 0. The van der Waals surface area contributed by atoms with Gasteiger partial charge in [0.05, 0.1) is 0 Å². The summed E-state index contributed by atoms with van der Waals surface area (Å²) in [5.74, 6) is 0. The third kappa shape index (κ3) is 3.17. The third-order valence-electron chi connectivity index (χ3n) is 4.07. The van der Waals surface area contributed by atoms with Crippen LogP contribution in [-0.4, -0.2) is 10.6 Å². The molecule has 1 atom stereocenters. The van der Waals surface area contributed by atoms with Gasteiger partial charge in [0.2, 0.25) is 0 Å². The van der Waals surface area contributed by atoms with Gasteiger partial charge >= 0.3 is 0 Å². The molecule has 0 bridgehead atoms. The number of nitrogens with two attached hydrogens (primary N) is 1. The van der Waals surface area contributed by atoms with Gasteiger partial charge < -0.3 is 10.3 Å². The first-order valence-corrected chi connectivity index (χ1v) is 7.63. The summed E-state index contributed by atoms with van der Waals surface area (Å²) >= 11 is 0. The van der Waals surface area contributed by atoms with Crippen molar-refractivity contribution < 1.29 is 0 Å². The highest BCUT2D eigenvalue weighted by atomic mass is 14.9. The number of hydrogen-bond acceptors (Lipinski definition) is 1. The number of aromatic nitrogens is 1. The average Bonchev–Trinajstić information content (AvgIpc) is 2.94. The molecular formula is C19H22N2. The molecule has 0 aliphatic carbocycles. The van der Waals surface area contributed by atoms with Crippen molar-refractivity contribution in [2.75, 3.05) is 0 Å². The lowest BCUT2D eigenvalue weighted by Crippen LogP contribution is -2.21. The summed E-state index contributed by atoms with van der Waals surface area (Å²) in [6.07, 6.45) is 6.35. The van der Waals surface area contributed by atoms with Crippen LogP contribution in [0.25, 0.3) is 10.8 Å². The quantitative estimate of drug-likeness (QED) is 0.752. The molecule has 0 fully saturated rings. The number of benzene rings is 2. The zero-order valence-corrected chi connectivity index (χ0v) is 12.5. The van der Waals surface area contributed by atoms with E-state index in [0.717, 1.165) is 19.4 Å². The smallest absolute Gasteiger partial charge is 0.0476 e. The molecule has 1 aromatic heterocycles. The highest BCUT2D eigenvalue weighted by Crippen LogP contribution is 2.20. The first-order chi connectivity index (χ1) is 10.3. The van der Waals surface area contributed by atoms with Crippen molar-refractivity contribution in [3.05, 3.63) is 72.1 Å². The predicted molar refractivity (Wildman–Crippen MR) is 89.5 cm³/mol. The SMILES string of the molecule is CCC(N)Cc1ccn(Cc2cccc3ccccc23)c1. The Morgan fingerprint density at radius 1 is 1.05 bits per heavy atom. The van der Waals surface area contributed by atoms with Crippen LogP contribution in [0, 0.1) is 0 Å². The van der Waals surface area contributed by atoms with Gasteiger partial charge in [0.15, 0.2) is 0 Å². The summed E-state index contributed by atoms with van der Waals surface area (Å²) in [5, 5.41) is 2.64. The van der Waals surface area contributed by atoms with E-state index in [1.807, 2.05) is 0 Å². The molecule has 21 heavy (non-hydrogen) atoms. The van der Waals surface area contributed by atoms with Gasteiger partial charge in [-0.05, 0) is 40.8 Å². The normalized spacial score (nSPS) is 12.7. The Hall–Kier alpha value is -2.06. The fraction of sp³-hybridized carbons (Fsp3) is 0.263. The van der Waals surface area contributed by atoms with Gasteiger partial charge in [0.1, 0.15) is 0 Å². The van der Waals surface area contributed by atoms with Crippen LogP contribution < -0.4 is 5.73 Å². The van der Waals surface area contributed by atoms with Gasteiger partial charge in [-0.1, -0.05) is 49.4 Å². The molecule has 2 heteroatoms. The number of fused-ring (bicyclic) bond motifs is 1. The molecule has 0 amide bonds. The van der Waals surface area contributed by atoms with E-state index in [0.29, 0.717) is 0 Å². The van der Waals surface area contributed by atoms with Crippen molar-refractivity contribution in [2.24, 2.45) is 5.73 Å². The summed E-state index contributed by atoms with van der Waals surface area (Å²) in [7, 11) is 0. The first kappa shape index (κ1) is 13.9. The predicted octanol–water partition coefficient (Wildman–Crippen LogP) is 3.97. The summed E-state index contributed by atoms with van der Waals surface area (Å²) < 4.78 is 2.25. The molecule has 1 heterocycles. The Bertz CT molecular complexity index is 722. The maximum atomic E-state index is 6.03. The monoisotopic (exact) mass is 278 g/mol. The van der Waals surface area contributed by atoms with Gasteiger partial charge in [-0.3, -0.25) is 0 Å². The molecule has 0 saturated heterocycles. The minimum atomic E-state index is 0.262. The molecule has 3 rings (SSSR count). The molecule has 0 aliphatic heterocycles. The second-order valence-electron chi connectivity index (χ2n) is 5.70. The van der Waals surface area contributed by atoms with Crippen LogP contribution in [-0.2, 0) is 13.0 Å². The number of rotatable bonds is 5. The van der Waals surface area contributed by atoms with Gasteiger partial charge in [-0.2, -0.15) is 0 Å². The molecule has 2 aromatic carbocycles. The molecule has 0 radical (unpaired) electrons. The van der Waals surface area contributed by atoms with Gasteiger partial charge in [0.25, 0.3) is 0 Å². The third-order valence-corrected chi connectivity index (χ3v) is 4.07. The van der Waals surface area contributed by atoms with E-state index >= 15 is 0 Å². The van der Waals surface area contributed by atoms with E-state index in [-0.39, 0.29) is 6.04 Å². The minimum absolute atomic E-state index is 0.262. The fourth-order valence-corrected chi connectivity index (χ4v) is 2.78. The van der Waals surface area contributed by atoms with Crippen LogP contribution in [0.1, 0.15) is 24.5 Å². The lowest BCUT2D eigenvalue weighted by Gasteiger charge is -2.08. The average molecular weight is 278 g/mol. The van der Waals surface area contributed by atoms with Crippen molar-refractivity contribution in [3.63, 3.8) is 0 Å². The van der Waals surface area contributed by atoms with E-state index in [9.17, 15) is 0 Å². The topological polar surface area (TPSA) is 30.9 Å². The minimum Gasteiger partial charge on any atom is -0.350 e. The van der Waals surface area contributed by atoms with E-state index < -0.39 is 0 Å². The van der Waals surface area contributed by atoms with Crippen LogP contribution in [0.15, 0.2) is 60.9 Å². The van der Waals surface area contributed by atoms with Crippen molar-refractivity contribution in [1.29, 1.82) is 0 Å². The largest absolute Gasteiger partial charge is 0.350 e. The van der Waals surface area contributed by atoms with Crippen molar-refractivity contribution in [1.82, 2.24) is 4.57 Å². The van der Waals surface area contributed by atoms with Crippen LogP contribution in [0.2, 0.25) is 0 Å². The van der Waals surface area contributed by atoms with Crippen LogP contribution in [0.5, 0.6) is 0 Å². The zero-order chi connectivity index (χ0) is 14.7. The molecule has 3 aromatic rings. The van der Waals surface area contributed by atoms with Crippen molar-refractivity contribution in [3.8, 4) is 0 Å². The van der Waals surface area contributed by atoms with Crippen molar-refractivity contribution in [2.45, 2.75) is 32.4 Å². The molecule has 0 spiro atoms. The fourth-order valence-electron chi connectivity index (χ4n) is 2.78. The Morgan fingerprint density at radius 3 is 2.71 bits per heavy atom. The second-order valence-corrected chi connectivity index (χ2v) is 5.70. The molecule has 2 N–H and O–H groups in total. The Balaban J connectivity index is 1.82. The maximum Gasteiger partial charge on any atom is 0.0476 e. The van der Waals surface area contributed by atoms with Crippen LogP contribution in [0.3, 0.4) is 0 Å². The van der Waals surface area contributed by atoms with E-state index in [2.05, 4.69) is 72.4 Å². The summed E-state index contributed by atoms with van der Waals surface area (Å²) in [6.45, 7) is 3.04. The Kier molecular flexibility index (Phi) is 4.07. The first-order valence-electron chi connectivity index (χ1n) is 7.63. The number of nitrogens with zero attached hydrogens (tertiary/aromatic N) is 1. The molecular weight excluding hydrogens is 256 g/mol. The lowest BCUT2D eigenvalue weighted by atomic mass is 10.0. The van der Waals surface area contributed by atoms with Crippen molar-refractivity contribution >= 4 is 10.8 Å². The van der Waals surface area contributed by atoms with E-state index in [1.54, 1.807) is 0 Å². The van der Waals surface area contributed by atoms with E-state index in [1.165, 1.54) is 21.9 Å². The highest BCUT2D eigenvalue weighted by Gasteiger charge is 2.05. The van der Waals surface area contributed by atoms with Gasteiger partial charge in [-0.25, -0.2) is 0 Å². The Morgan fingerprint density at radius 2 is 1.86 bits per heavy atom. The Labute approximate surface area is 126 Å². The van der Waals surface area contributed by atoms with Crippen LogP contribution >= 0.6 is 0 Å². The van der Waals surface area contributed by atoms with Gasteiger partial charge in [-0.15, -0.1) is 0 Å². The number of hydrogen-bond donors (Lipinski definition) is 1. The molecule has 0 aliphatic rings. The molecule has 1 unspecified atom stereocenters. The van der Waals surface area contributed by atoms with E-state index in [4.69, 9.17) is 5.73 Å². The molecule has 108 valence electrons. The molecule has 2 nitrogen and oxygen atoms in total. The van der Waals surface area contributed by atoms with Gasteiger partial charge in [0, 0.05) is 25.0 Å². The molecule has 0 saturated carbocycles. The zero-order valence-electron chi connectivity index (χ0n) is 12.5. The van der Waals surface area contributed by atoms with Crippen LogP contribution in [0.4, 0.5) is 0 Å². The second kappa shape index (κ2) is 6.15. The summed E-state index contributed by atoms with van der Waals surface area (Å²) in [6, 6.07) is 17.5. The summed E-state index contributed by atoms with van der Waals surface area (Å²) in [5.41, 5.74) is 8.71. The highest BCUT2D eigenvalue weighted by molar-refractivity contribution is 5.85. The lowest BCUT2D eigenvalue weighted by molar-refractivity contribution is 0.645.